The second kappa shape index (κ2) is 8.41. The summed E-state index contributed by atoms with van der Waals surface area (Å²) in [5, 5.41) is 9.68. The van der Waals surface area contributed by atoms with Gasteiger partial charge in [0.2, 0.25) is 5.89 Å². The van der Waals surface area contributed by atoms with Crippen LogP contribution in [-0.4, -0.2) is 21.3 Å². The molecule has 0 unspecified atom stereocenters. The molecule has 0 N–H and O–H groups in total. The van der Waals surface area contributed by atoms with Crippen LogP contribution >= 0.6 is 23.1 Å². The standard InChI is InChI=1S/C19H15N3O4S2/c1-12-20-18(26-21-12)11-28-16-6-3-2-5-14(16)19(23)24-10-13-9-15(25-22-13)17-7-4-8-27-17/h2-9H,10-11H2,1H3. The van der Waals surface area contributed by atoms with Crippen molar-refractivity contribution in [1.82, 2.24) is 15.3 Å². The Morgan fingerprint density at radius 1 is 1.18 bits per heavy atom. The average molecular weight is 413 g/mol. The lowest BCUT2D eigenvalue weighted by Gasteiger charge is -2.07. The number of thioether (sulfide) groups is 1. The number of carbonyl (C=O) groups excluding carboxylic acids is 1. The van der Waals surface area contributed by atoms with Gasteiger partial charge < -0.3 is 13.8 Å². The number of thiophene rings is 1. The molecule has 7 nitrogen and oxygen atoms in total. The molecule has 0 bridgehead atoms. The van der Waals surface area contributed by atoms with Crippen LogP contribution in [0.1, 0.15) is 27.8 Å². The highest BCUT2D eigenvalue weighted by Gasteiger charge is 2.16. The fraction of sp³-hybridized carbons (Fsp3) is 0.158. The van der Waals surface area contributed by atoms with Gasteiger partial charge in [-0.3, -0.25) is 0 Å². The van der Waals surface area contributed by atoms with E-state index >= 15 is 0 Å². The summed E-state index contributed by atoms with van der Waals surface area (Å²) in [6, 6.07) is 12.9. The third-order valence-corrected chi connectivity index (χ3v) is 5.64. The molecule has 1 aromatic carbocycles. The summed E-state index contributed by atoms with van der Waals surface area (Å²) >= 11 is 2.99. The van der Waals surface area contributed by atoms with Crippen LogP contribution in [0.2, 0.25) is 0 Å². The number of esters is 1. The van der Waals surface area contributed by atoms with Crippen molar-refractivity contribution in [1.29, 1.82) is 0 Å². The Labute approximate surface area is 168 Å². The van der Waals surface area contributed by atoms with Crippen molar-refractivity contribution in [2.45, 2.75) is 24.2 Å². The topological polar surface area (TPSA) is 91.2 Å². The summed E-state index contributed by atoms with van der Waals surface area (Å²) in [5.41, 5.74) is 1.04. The molecule has 142 valence electrons. The molecule has 0 radical (unpaired) electrons. The molecule has 0 aliphatic rings. The molecule has 0 atom stereocenters. The van der Waals surface area contributed by atoms with Gasteiger partial charge in [-0.15, -0.1) is 23.1 Å². The van der Waals surface area contributed by atoms with Gasteiger partial charge in [0.05, 0.1) is 16.2 Å². The third-order valence-electron chi connectivity index (χ3n) is 3.70. The van der Waals surface area contributed by atoms with Crippen molar-refractivity contribution in [3.8, 4) is 10.6 Å². The monoisotopic (exact) mass is 413 g/mol. The zero-order valence-electron chi connectivity index (χ0n) is 14.8. The van der Waals surface area contributed by atoms with Crippen molar-refractivity contribution >= 4 is 29.1 Å². The van der Waals surface area contributed by atoms with E-state index in [1.807, 2.05) is 29.6 Å². The minimum absolute atomic E-state index is 0.0373. The smallest absolute Gasteiger partial charge is 0.339 e. The number of ether oxygens (including phenoxy) is 1. The molecule has 0 aliphatic carbocycles. The molecule has 0 aliphatic heterocycles. The minimum Gasteiger partial charge on any atom is -0.455 e. The van der Waals surface area contributed by atoms with Crippen molar-refractivity contribution < 1.29 is 18.6 Å². The van der Waals surface area contributed by atoms with Crippen LogP contribution in [0.5, 0.6) is 0 Å². The first-order valence-corrected chi connectivity index (χ1v) is 10.2. The van der Waals surface area contributed by atoms with Gasteiger partial charge in [0, 0.05) is 11.0 Å². The summed E-state index contributed by atoms with van der Waals surface area (Å²) < 4.78 is 15.8. The molecule has 4 rings (SSSR count). The van der Waals surface area contributed by atoms with Crippen LogP contribution in [0.3, 0.4) is 0 Å². The van der Waals surface area contributed by atoms with E-state index in [1.165, 1.54) is 11.8 Å². The van der Waals surface area contributed by atoms with Gasteiger partial charge in [-0.2, -0.15) is 4.98 Å². The fourth-order valence-corrected chi connectivity index (χ4v) is 3.98. The van der Waals surface area contributed by atoms with E-state index < -0.39 is 5.97 Å². The van der Waals surface area contributed by atoms with Crippen LogP contribution < -0.4 is 0 Å². The summed E-state index contributed by atoms with van der Waals surface area (Å²) in [6.45, 7) is 1.80. The summed E-state index contributed by atoms with van der Waals surface area (Å²) in [6.07, 6.45) is 0. The second-order valence-corrected chi connectivity index (χ2v) is 7.72. The van der Waals surface area contributed by atoms with E-state index in [0.29, 0.717) is 34.5 Å². The van der Waals surface area contributed by atoms with E-state index in [4.69, 9.17) is 13.8 Å². The molecule has 0 spiro atoms. The molecule has 9 heteroatoms. The lowest BCUT2D eigenvalue weighted by atomic mass is 10.2. The minimum atomic E-state index is -0.425. The van der Waals surface area contributed by atoms with Crippen LogP contribution in [0.15, 0.2) is 61.8 Å². The summed E-state index contributed by atoms with van der Waals surface area (Å²) in [4.78, 5) is 18.5. The van der Waals surface area contributed by atoms with E-state index in [2.05, 4.69) is 15.3 Å². The Hall–Kier alpha value is -2.91. The first-order valence-electron chi connectivity index (χ1n) is 8.36. The van der Waals surface area contributed by atoms with E-state index in [0.717, 1.165) is 9.77 Å². The number of hydrogen-bond acceptors (Lipinski definition) is 9. The highest BCUT2D eigenvalue weighted by Crippen LogP contribution is 2.27. The lowest BCUT2D eigenvalue weighted by molar-refractivity contribution is 0.0460. The Morgan fingerprint density at radius 2 is 2.07 bits per heavy atom. The van der Waals surface area contributed by atoms with Crippen LogP contribution in [0.4, 0.5) is 0 Å². The zero-order chi connectivity index (χ0) is 19.3. The maximum atomic E-state index is 12.5. The zero-order valence-corrected chi connectivity index (χ0v) is 16.5. The van der Waals surface area contributed by atoms with Gasteiger partial charge in [-0.25, -0.2) is 4.79 Å². The Kier molecular flexibility index (Phi) is 5.54. The molecular weight excluding hydrogens is 398 g/mol. The van der Waals surface area contributed by atoms with Gasteiger partial charge in [-0.05, 0) is 30.5 Å². The maximum absolute atomic E-state index is 12.5. The molecule has 3 aromatic heterocycles. The highest BCUT2D eigenvalue weighted by molar-refractivity contribution is 7.98. The maximum Gasteiger partial charge on any atom is 0.339 e. The molecule has 0 saturated heterocycles. The molecule has 0 amide bonds. The van der Waals surface area contributed by atoms with Gasteiger partial charge in [-0.1, -0.05) is 28.5 Å². The highest BCUT2D eigenvalue weighted by atomic mass is 32.2. The van der Waals surface area contributed by atoms with E-state index in [1.54, 1.807) is 36.5 Å². The van der Waals surface area contributed by atoms with E-state index in [9.17, 15) is 4.79 Å². The summed E-state index contributed by atoms with van der Waals surface area (Å²) in [7, 11) is 0. The van der Waals surface area contributed by atoms with Crippen molar-refractivity contribution in [3.05, 3.63) is 70.8 Å². The van der Waals surface area contributed by atoms with Gasteiger partial charge >= 0.3 is 5.97 Å². The van der Waals surface area contributed by atoms with Gasteiger partial charge in [0.1, 0.15) is 12.3 Å². The quantitative estimate of drug-likeness (QED) is 0.317. The largest absolute Gasteiger partial charge is 0.455 e. The van der Waals surface area contributed by atoms with Crippen molar-refractivity contribution in [3.63, 3.8) is 0 Å². The molecule has 0 fully saturated rings. The van der Waals surface area contributed by atoms with Crippen LogP contribution in [-0.2, 0) is 17.1 Å². The normalized spacial score (nSPS) is 10.9. The SMILES string of the molecule is Cc1noc(CSc2ccccc2C(=O)OCc2cc(-c3cccs3)on2)n1. The van der Waals surface area contributed by atoms with Crippen LogP contribution in [0.25, 0.3) is 10.6 Å². The predicted octanol–water partition coefficient (Wildman–Crippen LogP) is 4.74. The first-order chi connectivity index (χ1) is 13.7. The third kappa shape index (κ3) is 4.32. The Bertz CT molecular complexity index is 1070. The molecule has 0 saturated carbocycles. The number of benzene rings is 1. The predicted molar refractivity (Wildman–Crippen MR) is 104 cm³/mol. The lowest BCUT2D eigenvalue weighted by Crippen LogP contribution is -2.06. The van der Waals surface area contributed by atoms with Crippen molar-refractivity contribution in [2.75, 3.05) is 0 Å². The van der Waals surface area contributed by atoms with Crippen molar-refractivity contribution in [2.24, 2.45) is 0 Å². The number of carbonyl (C=O) groups is 1. The summed E-state index contributed by atoms with van der Waals surface area (Å²) in [5.74, 6) is 1.79. The molecule has 3 heterocycles. The Balaban J connectivity index is 1.39. The number of nitrogens with zero attached hydrogens (tertiary/aromatic N) is 3. The molecular formula is C19H15N3O4S2. The number of aryl methyl sites for hydroxylation is 1. The molecule has 28 heavy (non-hydrogen) atoms. The Morgan fingerprint density at radius 3 is 2.86 bits per heavy atom. The number of hydrogen-bond donors (Lipinski definition) is 0. The number of aromatic nitrogens is 3. The average Bonchev–Trinajstić information content (AvgIpc) is 3.46. The second-order valence-electron chi connectivity index (χ2n) is 5.76. The number of rotatable bonds is 7. The van der Waals surface area contributed by atoms with Gasteiger partial charge in [0.25, 0.3) is 0 Å². The first kappa shape index (κ1) is 18.5. The van der Waals surface area contributed by atoms with E-state index in [-0.39, 0.29) is 6.61 Å². The molecule has 4 aromatic rings. The van der Waals surface area contributed by atoms with Crippen LogP contribution in [0, 0.1) is 6.92 Å². The van der Waals surface area contributed by atoms with Gasteiger partial charge in [0.15, 0.2) is 11.6 Å². The fourth-order valence-electron chi connectivity index (χ4n) is 2.43.